The first-order valence-corrected chi connectivity index (χ1v) is 5.34. The van der Waals surface area contributed by atoms with E-state index in [9.17, 15) is 9.59 Å². The number of imide groups is 1. The first-order chi connectivity index (χ1) is 6.75. The van der Waals surface area contributed by atoms with Crippen LogP contribution in [-0.2, 0) is 4.79 Å². The Bertz CT molecular complexity index is 249. The second-order valence-corrected chi connectivity index (χ2v) is 4.18. The van der Waals surface area contributed by atoms with E-state index in [1.54, 1.807) is 4.90 Å². The number of amides is 3. The average molecular weight is 196 g/mol. The van der Waals surface area contributed by atoms with Crippen molar-refractivity contribution in [1.82, 2.24) is 10.2 Å². The lowest BCUT2D eigenvalue weighted by atomic mass is 9.83. The molecule has 0 unspecified atom stereocenters. The summed E-state index contributed by atoms with van der Waals surface area (Å²) in [5.41, 5.74) is 0. The SMILES string of the molecule is O=C1CCN(CCC2CCC2)C(=O)N1. The smallest absolute Gasteiger partial charge is 0.324 e. The van der Waals surface area contributed by atoms with Crippen molar-refractivity contribution < 1.29 is 9.59 Å². The van der Waals surface area contributed by atoms with Crippen LogP contribution in [0.3, 0.4) is 0 Å². The third-order valence-electron chi connectivity index (χ3n) is 3.17. The number of nitrogens with one attached hydrogen (secondary N) is 1. The maximum atomic E-state index is 11.3. The van der Waals surface area contributed by atoms with Crippen LogP contribution in [0.25, 0.3) is 0 Å². The van der Waals surface area contributed by atoms with E-state index in [1.807, 2.05) is 0 Å². The Morgan fingerprint density at radius 3 is 2.71 bits per heavy atom. The molecule has 3 amide bonds. The van der Waals surface area contributed by atoms with Gasteiger partial charge in [-0.25, -0.2) is 4.79 Å². The molecule has 1 saturated carbocycles. The Morgan fingerprint density at radius 1 is 1.36 bits per heavy atom. The molecule has 14 heavy (non-hydrogen) atoms. The zero-order chi connectivity index (χ0) is 9.97. The quantitative estimate of drug-likeness (QED) is 0.735. The van der Waals surface area contributed by atoms with Gasteiger partial charge in [0.05, 0.1) is 0 Å². The van der Waals surface area contributed by atoms with Gasteiger partial charge in [-0.2, -0.15) is 0 Å². The van der Waals surface area contributed by atoms with E-state index >= 15 is 0 Å². The summed E-state index contributed by atoms with van der Waals surface area (Å²) in [6.45, 7) is 1.40. The van der Waals surface area contributed by atoms with Crippen LogP contribution >= 0.6 is 0 Å². The largest absolute Gasteiger partial charge is 0.324 e. The van der Waals surface area contributed by atoms with Crippen LogP contribution in [0.4, 0.5) is 4.79 Å². The monoisotopic (exact) mass is 196 g/mol. The van der Waals surface area contributed by atoms with Gasteiger partial charge in [0.2, 0.25) is 5.91 Å². The second kappa shape index (κ2) is 3.98. The Balaban J connectivity index is 1.73. The molecule has 1 N–H and O–H groups in total. The molecule has 0 aromatic rings. The van der Waals surface area contributed by atoms with Crippen LogP contribution in [0.2, 0.25) is 0 Å². The van der Waals surface area contributed by atoms with Crippen molar-refractivity contribution in [1.29, 1.82) is 0 Å². The van der Waals surface area contributed by atoms with Gasteiger partial charge < -0.3 is 4.90 Å². The molecular weight excluding hydrogens is 180 g/mol. The van der Waals surface area contributed by atoms with Gasteiger partial charge in [0.15, 0.2) is 0 Å². The maximum Gasteiger partial charge on any atom is 0.324 e. The highest BCUT2D eigenvalue weighted by Crippen LogP contribution is 2.29. The van der Waals surface area contributed by atoms with Gasteiger partial charge in [-0.05, 0) is 12.3 Å². The number of nitrogens with zero attached hydrogens (tertiary/aromatic N) is 1. The summed E-state index contributed by atoms with van der Waals surface area (Å²) >= 11 is 0. The van der Waals surface area contributed by atoms with Crippen LogP contribution in [0.1, 0.15) is 32.1 Å². The predicted octanol–water partition coefficient (Wildman–Crippen LogP) is 1.12. The third kappa shape index (κ3) is 2.05. The van der Waals surface area contributed by atoms with Crippen LogP contribution in [-0.4, -0.2) is 29.9 Å². The van der Waals surface area contributed by atoms with E-state index in [2.05, 4.69) is 5.32 Å². The van der Waals surface area contributed by atoms with Gasteiger partial charge in [0, 0.05) is 19.5 Å². The van der Waals surface area contributed by atoms with Gasteiger partial charge >= 0.3 is 6.03 Å². The molecule has 2 fully saturated rings. The topological polar surface area (TPSA) is 49.4 Å². The highest BCUT2D eigenvalue weighted by atomic mass is 16.2. The molecule has 1 aliphatic heterocycles. The molecule has 0 aromatic carbocycles. The Labute approximate surface area is 83.6 Å². The normalized spacial score (nSPS) is 23.3. The molecule has 1 saturated heterocycles. The summed E-state index contributed by atoms with van der Waals surface area (Å²) < 4.78 is 0. The molecule has 0 atom stereocenters. The summed E-state index contributed by atoms with van der Waals surface area (Å²) in [5.74, 6) is 0.676. The summed E-state index contributed by atoms with van der Waals surface area (Å²) in [6, 6.07) is -0.208. The van der Waals surface area contributed by atoms with E-state index in [0.717, 1.165) is 18.9 Å². The zero-order valence-corrected chi connectivity index (χ0v) is 8.29. The first kappa shape index (κ1) is 9.49. The fourth-order valence-corrected chi connectivity index (χ4v) is 1.93. The molecular formula is C10H16N2O2. The Morgan fingerprint density at radius 2 is 2.14 bits per heavy atom. The molecule has 4 heteroatoms. The molecule has 1 aliphatic carbocycles. The minimum Gasteiger partial charge on any atom is -0.324 e. The summed E-state index contributed by atoms with van der Waals surface area (Å²) in [5, 5.41) is 2.34. The molecule has 0 spiro atoms. The number of hydrogen-bond donors (Lipinski definition) is 1. The molecule has 0 aromatic heterocycles. The van der Waals surface area contributed by atoms with E-state index in [-0.39, 0.29) is 11.9 Å². The molecule has 1 heterocycles. The minimum atomic E-state index is -0.208. The molecule has 78 valence electrons. The Kier molecular flexibility index (Phi) is 2.70. The first-order valence-electron chi connectivity index (χ1n) is 5.34. The summed E-state index contributed by atoms with van der Waals surface area (Å²) in [7, 11) is 0. The van der Waals surface area contributed by atoms with Crippen molar-refractivity contribution in [2.45, 2.75) is 32.1 Å². The van der Waals surface area contributed by atoms with Gasteiger partial charge in [0.25, 0.3) is 0 Å². The van der Waals surface area contributed by atoms with Crippen molar-refractivity contribution in [2.24, 2.45) is 5.92 Å². The fraction of sp³-hybridized carbons (Fsp3) is 0.800. The van der Waals surface area contributed by atoms with Gasteiger partial charge in [-0.1, -0.05) is 19.3 Å². The molecule has 0 bridgehead atoms. The highest BCUT2D eigenvalue weighted by Gasteiger charge is 2.24. The lowest BCUT2D eigenvalue weighted by Gasteiger charge is -2.31. The van der Waals surface area contributed by atoms with Crippen molar-refractivity contribution in [2.75, 3.05) is 13.1 Å². The van der Waals surface area contributed by atoms with Crippen LogP contribution in [0.5, 0.6) is 0 Å². The van der Waals surface area contributed by atoms with Crippen molar-refractivity contribution >= 4 is 11.9 Å². The third-order valence-corrected chi connectivity index (χ3v) is 3.17. The maximum absolute atomic E-state index is 11.3. The predicted molar refractivity (Wildman–Crippen MR) is 51.7 cm³/mol. The van der Waals surface area contributed by atoms with Gasteiger partial charge in [0.1, 0.15) is 0 Å². The minimum absolute atomic E-state index is 0.144. The number of carbonyl (C=O) groups excluding carboxylic acids is 2. The van der Waals surface area contributed by atoms with E-state index < -0.39 is 0 Å². The standard InChI is InChI=1S/C10H16N2O2/c13-9-5-7-12(10(14)11-9)6-4-8-2-1-3-8/h8H,1-7H2,(H,11,13,14). The van der Waals surface area contributed by atoms with E-state index in [0.29, 0.717) is 13.0 Å². The van der Waals surface area contributed by atoms with E-state index in [4.69, 9.17) is 0 Å². The average Bonchev–Trinajstić information content (AvgIpc) is 2.05. The number of rotatable bonds is 3. The van der Waals surface area contributed by atoms with Crippen molar-refractivity contribution in [3.05, 3.63) is 0 Å². The van der Waals surface area contributed by atoms with Crippen LogP contribution < -0.4 is 5.32 Å². The fourth-order valence-electron chi connectivity index (χ4n) is 1.93. The molecule has 2 rings (SSSR count). The molecule has 4 nitrogen and oxygen atoms in total. The van der Waals surface area contributed by atoms with E-state index in [1.165, 1.54) is 19.3 Å². The van der Waals surface area contributed by atoms with Crippen LogP contribution in [0, 0.1) is 5.92 Å². The lowest BCUT2D eigenvalue weighted by molar-refractivity contribution is -0.121. The number of urea groups is 1. The lowest BCUT2D eigenvalue weighted by Crippen LogP contribution is -2.49. The van der Waals surface area contributed by atoms with Gasteiger partial charge in [-0.3, -0.25) is 10.1 Å². The molecule has 0 radical (unpaired) electrons. The summed E-state index contributed by atoms with van der Waals surface area (Å²) in [6.07, 6.45) is 5.52. The number of carbonyl (C=O) groups is 2. The van der Waals surface area contributed by atoms with Gasteiger partial charge in [-0.15, -0.1) is 0 Å². The van der Waals surface area contributed by atoms with Crippen molar-refractivity contribution in [3.63, 3.8) is 0 Å². The van der Waals surface area contributed by atoms with Crippen molar-refractivity contribution in [3.8, 4) is 0 Å². The molecule has 2 aliphatic rings. The summed E-state index contributed by atoms with van der Waals surface area (Å²) in [4.78, 5) is 23.9. The number of hydrogen-bond acceptors (Lipinski definition) is 2. The second-order valence-electron chi connectivity index (χ2n) is 4.18. The highest BCUT2D eigenvalue weighted by molar-refractivity contribution is 5.96. The van der Waals surface area contributed by atoms with Crippen LogP contribution in [0.15, 0.2) is 0 Å². The Hall–Kier alpha value is -1.06. The zero-order valence-electron chi connectivity index (χ0n) is 8.29.